The van der Waals surface area contributed by atoms with Crippen molar-refractivity contribution in [1.29, 1.82) is 0 Å². The van der Waals surface area contributed by atoms with Crippen LogP contribution in [-0.2, 0) is 5.41 Å². The van der Waals surface area contributed by atoms with Crippen molar-refractivity contribution in [3.05, 3.63) is 29.8 Å². The molecule has 0 amide bonds. The Balaban J connectivity index is 2.82. The number of hydrogen-bond acceptors (Lipinski definition) is 2. The van der Waals surface area contributed by atoms with Gasteiger partial charge in [-0.1, -0.05) is 52.8 Å². The van der Waals surface area contributed by atoms with Crippen molar-refractivity contribution in [2.24, 2.45) is 0 Å². The second kappa shape index (κ2) is 6.79. The summed E-state index contributed by atoms with van der Waals surface area (Å²) in [6.07, 6.45) is 1.26. The standard InChI is InChI=1S/C16H27NO/c1-6-13(12-17-7-2)18-15-11-9-8-10-14(15)16(3,4)5/h8-11,13,17H,6-7,12H2,1-5H3. The minimum absolute atomic E-state index is 0.118. The van der Waals surface area contributed by atoms with Gasteiger partial charge in [0.2, 0.25) is 0 Å². The fourth-order valence-electron chi connectivity index (χ4n) is 1.94. The van der Waals surface area contributed by atoms with Crippen LogP contribution in [0.2, 0.25) is 0 Å². The minimum atomic E-state index is 0.118. The lowest BCUT2D eigenvalue weighted by molar-refractivity contribution is 0.190. The van der Waals surface area contributed by atoms with E-state index >= 15 is 0 Å². The largest absolute Gasteiger partial charge is 0.489 e. The highest BCUT2D eigenvalue weighted by molar-refractivity contribution is 5.38. The van der Waals surface area contributed by atoms with Crippen LogP contribution in [0.1, 0.15) is 46.6 Å². The van der Waals surface area contributed by atoms with E-state index in [0.717, 1.165) is 25.3 Å². The molecule has 0 saturated heterocycles. The van der Waals surface area contributed by atoms with Gasteiger partial charge in [-0.15, -0.1) is 0 Å². The van der Waals surface area contributed by atoms with Gasteiger partial charge in [-0.05, 0) is 30.0 Å². The van der Waals surface area contributed by atoms with Gasteiger partial charge >= 0.3 is 0 Å². The molecular formula is C16H27NO. The third-order valence-electron chi connectivity index (χ3n) is 3.07. The van der Waals surface area contributed by atoms with Crippen molar-refractivity contribution in [2.75, 3.05) is 13.1 Å². The maximum atomic E-state index is 6.16. The molecule has 2 nitrogen and oxygen atoms in total. The molecule has 1 N–H and O–H groups in total. The van der Waals surface area contributed by atoms with Crippen molar-refractivity contribution in [3.8, 4) is 5.75 Å². The van der Waals surface area contributed by atoms with E-state index in [2.05, 4.69) is 58.1 Å². The molecule has 0 heterocycles. The smallest absolute Gasteiger partial charge is 0.123 e. The van der Waals surface area contributed by atoms with E-state index in [1.807, 2.05) is 6.07 Å². The lowest BCUT2D eigenvalue weighted by Gasteiger charge is -2.26. The lowest BCUT2D eigenvalue weighted by atomic mass is 9.86. The van der Waals surface area contributed by atoms with Crippen LogP contribution in [0.25, 0.3) is 0 Å². The third kappa shape index (κ3) is 4.34. The van der Waals surface area contributed by atoms with E-state index in [1.165, 1.54) is 5.56 Å². The number of rotatable bonds is 6. The highest BCUT2D eigenvalue weighted by Gasteiger charge is 2.19. The maximum absolute atomic E-state index is 6.16. The third-order valence-corrected chi connectivity index (χ3v) is 3.07. The fraction of sp³-hybridized carbons (Fsp3) is 0.625. The number of hydrogen-bond donors (Lipinski definition) is 1. The first-order valence-corrected chi connectivity index (χ1v) is 6.95. The van der Waals surface area contributed by atoms with Gasteiger partial charge < -0.3 is 10.1 Å². The summed E-state index contributed by atoms with van der Waals surface area (Å²) in [5, 5.41) is 3.35. The van der Waals surface area contributed by atoms with Crippen LogP contribution >= 0.6 is 0 Å². The van der Waals surface area contributed by atoms with Crippen LogP contribution in [0, 0.1) is 0 Å². The Bertz CT molecular complexity index is 354. The number of likely N-dealkylation sites (N-methyl/N-ethyl adjacent to an activating group) is 1. The summed E-state index contributed by atoms with van der Waals surface area (Å²) in [6, 6.07) is 8.37. The Hall–Kier alpha value is -1.02. The number of ether oxygens (including phenoxy) is 1. The number of para-hydroxylation sites is 1. The molecule has 0 saturated carbocycles. The zero-order valence-electron chi connectivity index (χ0n) is 12.4. The monoisotopic (exact) mass is 249 g/mol. The molecule has 0 spiro atoms. The fourth-order valence-corrected chi connectivity index (χ4v) is 1.94. The summed E-state index contributed by atoms with van der Waals surface area (Å²) < 4.78 is 6.16. The van der Waals surface area contributed by atoms with E-state index in [-0.39, 0.29) is 11.5 Å². The predicted molar refractivity (Wildman–Crippen MR) is 78.4 cm³/mol. The molecule has 2 heteroatoms. The molecule has 0 aromatic heterocycles. The van der Waals surface area contributed by atoms with Gasteiger partial charge in [-0.25, -0.2) is 0 Å². The Kier molecular flexibility index (Phi) is 5.67. The summed E-state index contributed by atoms with van der Waals surface area (Å²) in [6.45, 7) is 12.9. The molecule has 0 aliphatic carbocycles. The Morgan fingerprint density at radius 2 is 1.83 bits per heavy atom. The van der Waals surface area contributed by atoms with E-state index in [9.17, 15) is 0 Å². The summed E-state index contributed by atoms with van der Waals surface area (Å²) >= 11 is 0. The maximum Gasteiger partial charge on any atom is 0.123 e. The molecule has 102 valence electrons. The minimum Gasteiger partial charge on any atom is -0.489 e. The molecule has 0 fully saturated rings. The second-order valence-corrected chi connectivity index (χ2v) is 5.70. The van der Waals surface area contributed by atoms with Gasteiger partial charge in [-0.3, -0.25) is 0 Å². The zero-order valence-corrected chi connectivity index (χ0v) is 12.4. The van der Waals surface area contributed by atoms with Crippen molar-refractivity contribution >= 4 is 0 Å². The molecule has 0 aliphatic rings. The number of benzene rings is 1. The normalized spacial score (nSPS) is 13.4. The molecule has 18 heavy (non-hydrogen) atoms. The SMILES string of the molecule is CCNCC(CC)Oc1ccccc1C(C)(C)C. The summed E-state index contributed by atoms with van der Waals surface area (Å²) in [4.78, 5) is 0. The van der Waals surface area contributed by atoms with Crippen LogP contribution < -0.4 is 10.1 Å². The van der Waals surface area contributed by atoms with Crippen molar-refractivity contribution in [2.45, 2.75) is 52.6 Å². The van der Waals surface area contributed by atoms with Gasteiger partial charge in [0, 0.05) is 6.54 Å². The van der Waals surface area contributed by atoms with Gasteiger partial charge in [-0.2, -0.15) is 0 Å². The summed E-state index contributed by atoms with van der Waals surface area (Å²) in [5.74, 6) is 1.02. The predicted octanol–water partition coefficient (Wildman–Crippen LogP) is 3.75. The molecule has 1 aromatic rings. The lowest BCUT2D eigenvalue weighted by Crippen LogP contribution is -2.31. The molecule has 1 atom stereocenters. The van der Waals surface area contributed by atoms with Crippen LogP contribution in [0.3, 0.4) is 0 Å². The van der Waals surface area contributed by atoms with E-state index in [0.29, 0.717) is 0 Å². The van der Waals surface area contributed by atoms with Crippen molar-refractivity contribution in [1.82, 2.24) is 5.32 Å². The van der Waals surface area contributed by atoms with Gasteiger partial charge in [0.25, 0.3) is 0 Å². The van der Waals surface area contributed by atoms with Gasteiger partial charge in [0.15, 0.2) is 0 Å². The Morgan fingerprint density at radius 3 is 2.39 bits per heavy atom. The van der Waals surface area contributed by atoms with Crippen LogP contribution in [0.4, 0.5) is 0 Å². The van der Waals surface area contributed by atoms with Crippen LogP contribution in [0.5, 0.6) is 5.75 Å². The first-order valence-electron chi connectivity index (χ1n) is 6.95. The van der Waals surface area contributed by atoms with E-state index < -0.39 is 0 Å². The van der Waals surface area contributed by atoms with Gasteiger partial charge in [0.05, 0.1) is 0 Å². The summed E-state index contributed by atoms with van der Waals surface area (Å²) in [5.41, 5.74) is 1.40. The molecular weight excluding hydrogens is 222 g/mol. The molecule has 0 bridgehead atoms. The van der Waals surface area contributed by atoms with E-state index in [1.54, 1.807) is 0 Å². The first kappa shape index (κ1) is 15.0. The average molecular weight is 249 g/mol. The zero-order chi connectivity index (χ0) is 13.6. The Labute approximate surface area is 112 Å². The average Bonchev–Trinajstić information content (AvgIpc) is 2.33. The van der Waals surface area contributed by atoms with Crippen LogP contribution in [0.15, 0.2) is 24.3 Å². The topological polar surface area (TPSA) is 21.3 Å². The Morgan fingerprint density at radius 1 is 1.17 bits per heavy atom. The first-order chi connectivity index (χ1) is 8.49. The second-order valence-electron chi connectivity index (χ2n) is 5.70. The molecule has 0 radical (unpaired) electrons. The van der Waals surface area contributed by atoms with Crippen LogP contribution in [-0.4, -0.2) is 19.2 Å². The van der Waals surface area contributed by atoms with Crippen molar-refractivity contribution < 1.29 is 4.74 Å². The van der Waals surface area contributed by atoms with Crippen molar-refractivity contribution in [3.63, 3.8) is 0 Å². The van der Waals surface area contributed by atoms with Gasteiger partial charge in [0.1, 0.15) is 11.9 Å². The molecule has 1 aromatic carbocycles. The highest BCUT2D eigenvalue weighted by Crippen LogP contribution is 2.31. The summed E-state index contributed by atoms with van der Waals surface area (Å²) in [7, 11) is 0. The van der Waals surface area contributed by atoms with E-state index in [4.69, 9.17) is 4.74 Å². The highest BCUT2D eigenvalue weighted by atomic mass is 16.5. The number of nitrogens with one attached hydrogen (secondary N) is 1. The molecule has 0 aliphatic heterocycles. The molecule has 1 rings (SSSR count). The molecule has 1 unspecified atom stereocenters. The quantitative estimate of drug-likeness (QED) is 0.829.